The first-order valence-corrected chi connectivity index (χ1v) is 11.7. The molecule has 1 unspecified atom stereocenters. The Hall–Kier alpha value is -2.48. The van der Waals surface area contributed by atoms with Gasteiger partial charge in [-0.25, -0.2) is 4.39 Å². The lowest BCUT2D eigenvalue weighted by Crippen LogP contribution is -2.52. The van der Waals surface area contributed by atoms with Crippen LogP contribution in [0.1, 0.15) is 67.8 Å². The van der Waals surface area contributed by atoms with E-state index in [1.54, 1.807) is 17.9 Å². The Kier molecular flexibility index (Phi) is 5.43. The van der Waals surface area contributed by atoms with Crippen LogP contribution in [0, 0.1) is 5.92 Å². The van der Waals surface area contributed by atoms with Crippen molar-refractivity contribution in [3.63, 3.8) is 0 Å². The Bertz CT molecular complexity index is 941. The van der Waals surface area contributed by atoms with Gasteiger partial charge in [0, 0.05) is 24.6 Å². The number of fused-ring (bicyclic) bond motifs is 1. The van der Waals surface area contributed by atoms with E-state index < -0.39 is 17.6 Å². The smallest absolute Gasteiger partial charge is 0.255 e. The molecule has 3 atom stereocenters. The zero-order valence-corrected chi connectivity index (χ0v) is 18.4. The van der Waals surface area contributed by atoms with Crippen LogP contribution in [-0.2, 0) is 16.1 Å². The van der Waals surface area contributed by atoms with Gasteiger partial charge in [0.05, 0.1) is 0 Å². The summed E-state index contributed by atoms with van der Waals surface area (Å²) in [5, 5.41) is 5.91. The quantitative estimate of drug-likeness (QED) is 0.660. The van der Waals surface area contributed by atoms with Gasteiger partial charge < -0.3 is 15.0 Å². The van der Waals surface area contributed by atoms with E-state index >= 15 is 0 Å². The van der Waals surface area contributed by atoms with E-state index in [9.17, 15) is 18.8 Å². The average molecular weight is 444 g/mol. The predicted octanol–water partition coefficient (Wildman–Crippen LogP) is 2.48. The summed E-state index contributed by atoms with van der Waals surface area (Å²) in [7, 11) is 0. The van der Waals surface area contributed by atoms with Crippen molar-refractivity contribution in [1.29, 1.82) is 0 Å². The molecule has 1 saturated heterocycles. The zero-order chi connectivity index (χ0) is 22.5. The second-order valence-corrected chi connectivity index (χ2v) is 10.0. The summed E-state index contributed by atoms with van der Waals surface area (Å²) < 4.78 is 20.0. The molecule has 2 saturated carbocycles. The van der Waals surface area contributed by atoms with Gasteiger partial charge in [-0.15, -0.1) is 0 Å². The lowest BCUT2D eigenvalue weighted by Gasteiger charge is -2.39. The molecule has 3 amide bonds. The topological polar surface area (TPSA) is 87.7 Å². The van der Waals surface area contributed by atoms with E-state index in [1.807, 2.05) is 12.1 Å². The number of benzene rings is 1. The molecule has 4 aliphatic rings. The highest BCUT2D eigenvalue weighted by Gasteiger charge is 2.41. The van der Waals surface area contributed by atoms with Crippen molar-refractivity contribution >= 4 is 17.7 Å². The zero-order valence-electron chi connectivity index (χ0n) is 18.4. The number of amides is 3. The number of nitrogens with zero attached hydrogens (tertiary/aromatic N) is 1. The van der Waals surface area contributed by atoms with Crippen LogP contribution in [0.15, 0.2) is 18.2 Å². The van der Waals surface area contributed by atoms with Gasteiger partial charge in [0.15, 0.2) is 0 Å². The predicted molar refractivity (Wildman–Crippen MR) is 115 cm³/mol. The molecule has 1 aromatic carbocycles. The van der Waals surface area contributed by atoms with Crippen LogP contribution >= 0.6 is 0 Å². The SMILES string of the molecule is CC1(F)CC(CN[C@@H]2CCC[C@@H]2Oc2ccc3c(c2)CN(C2CCC(=O)NC2=O)C3=O)C1. The number of alkyl halides is 1. The van der Waals surface area contributed by atoms with Crippen LogP contribution in [0.25, 0.3) is 0 Å². The summed E-state index contributed by atoms with van der Waals surface area (Å²) in [5.41, 5.74) is 0.431. The molecule has 2 aliphatic heterocycles. The molecule has 2 aliphatic carbocycles. The average Bonchev–Trinajstić information content (AvgIpc) is 3.29. The molecule has 0 bridgehead atoms. The van der Waals surface area contributed by atoms with Crippen molar-refractivity contribution in [1.82, 2.24) is 15.5 Å². The summed E-state index contributed by atoms with van der Waals surface area (Å²) in [6.07, 6.45) is 4.98. The number of carbonyl (C=O) groups excluding carboxylic acids is 3. The Morgan fingerprint density at radius 1 is 1.22 bits per heavy atom. The van der Waals surface area contributed by atoms with Crippen LogP contribution in [0.5, 0.6) is 5.75 Å². The molecule has 2 heterocycles. The number of rotatable bonds is 6. The lowest BCUT2D eigenvalue weighted by molar-refractivity contribution is -0.136. The third-order valence-corrected chi connectivity index (χ3v) is 7.33. The fourth-order valence-corrected chi connectivity index (χ4v) is 5.71. The third kappa shape index (κ3) is 4.12. The fourth-order valence-electron chi connectivity index (χ4n) is 5.71. The molecule has 32 heavy (non-hydrogen) atoms. The largest absolute Gasteiger partial charge is 0.489 e. The van der Waals surface area contributed by atoms with Crippen molar-refractivity contribution in [3.8, 4) is 5.75 Å². The van der Waals surface area contributed by atoms with Crippen molar-refractivity contribution in [2.45, 2.75) is 82.3 Å². The molecular weight excluding hydrogens is 413 g/mol. The summed E-state index contributed by atoms with van der Waals surface area (Å²) in [5.74, 6) is 0.248. The molecule has 0 spiro atoms. The first kappa shape index (κ1) is 21.4. The maximum atomic E-state index is 13.7. The second-order valence-electron chi connectivity index (χ2n) is 10.0. The van der Waals surface area contributed by atoms with Crippen molar-refractivity contribution < 1.29 is 23.5 Å². The Morgan fingerprint density at radius 2 is 2.03 bits per heavy atom. The summed E-state index contributed by atoms with van der Waals surface area (Å²) >= 11 is 0. The number of nitrogens with one attached hydrogen (secondary N) is 2. The van der Waals surface area contributed by atoms with Crippen LogP contribution in [0.4, 0.5) is 4.39 Å². The molecular formula is C24H30FN3O4. The first-order valence-electron chi connectivity index (χ1n) is 11.7. The Balaban J connectivity index is 1.20. The van der Waals surface area contributed by atoms with Crippen LogP contribution in [0.3, 0.4) is 0 Å². The highest BCUT2D eigenvalue weighted by molar-refractivity contribution is 6.05. The minimum absolute atomic E-state index is 0.0493. The highest BCUT2D eigenvalue weighted by atomic mass is 19.1. The summed E-state index contributed by atoms with van der Waals surface area (Å²) in [6.45, 7) is 2.84. The van der Waals surface area contributed by atoms with Gasteiger partial charge in [0.1, 0.15) is 23.6 Å². The van der Waals surface area contributed by atoms with Crippen LogP contribution in [0.2, 0.25) is 0 Å². The van der Waals surface area contributed by atoms with E-state index in [0.717, 1.165) is 37.1 Å². The third-order valence-electron chi connectivity index (χ3n) is 7.33. The highest BCUT2D eigenvalue weighted by Crippen LogP contribution is 2.40. The summed E-state index contributed by atoms with van der Waals surface area (Å²) in [6, 6.07) is 5.12. The molecule has 5 rings (SSSR count). The van der Waals surface area contributed by atoms with Gasteiger partial charge in [-0.05, 0) is 81.7 Å². The Labute approximate surface area is 187 Å². The monoisotopic (exact) mass is 443 g/mol. The molecule has 0 aromatic heterocycles. The fraction of sp³-hybridized carbons (Fsp3) is 0.625. The van der Waals surface area contributed by atoms with Crippen LogP contribution in [-0.4, -0.2) is 53.0 Å². The lowest BCUT2D eigenvalue weighted by atomic mass is 9.73. The molecule has 8 heteroatoms. The maximum Gasteiger partial charge on any atom is 0.255 e. The molecule has 1 aromatic rings. The van der Waals surface area contributed by atoms with Gasteiger partial charge in [0.2, 0.25) is 11.8 Å². The van der Waals surface area contributed by atoms with Crippen molar-refractivity contribution in [3.05, 3.63) is 29.3 Å². The first-order chi connectivity index (χ1) is 15.3. The number of piperidine rings is 1. The minimum Gasteiger partial charge on any atom is -0.489 e. The van der Waals surface area contributed by atoms with Crippen molar-refractivity contribution in [2.75, 3.05) is 6.54 Å². The number of carbonyl (C=O) groups is 3. The van der Waals surface area contributed by atoms with Crippen molar-refractivity contribution in [2.24, 2.45) is 5.92 Å². The maximum absolute atomic E-state index is 13.7. The van der Waals surface area contributed by atoms with Gasteiger partial charge in [-0.2, -0.15) is 0 Å². The number of ether oxygens (including phenoxy) is 1. The summed E-state index contributed by atoms with van der Waals surface area (Å²) in [4.78, 5) is 38.0. The number of halogens is 1. The van der Waals surface area contributed by atoms with Crippen LogP contribution < -0.4 is 15.4 Å². The molecule has 3 fully saturated rings. The minimum atomic E-state index is -0.999. The van der Waals surface area contributed by atoms with E-state index in [0.29, 0.717) is 37.3 Å². The molecule has 2 N–H and O–H groups in total. The molecule has 7 nitrogen and oxygen atoms in total. The van der Waals surface area contributed by atoms with Gasteiger partial charge in [-0.1, -0.05) is 0 Å². The second kappa shape index (κ2) is 8.14. The molecule has 172 valence electrons. The number of hydrogen-bond donors (Lipinski definition) is 2. The standard InChI is InChI=1S/C24H30FN3O4/c1-24(25)10-14(11-24)12-26-18-3-2-4-20(18)32-16-5-6-17-15(9-16)13-28(23(17)31)19-7-8-21(29)27-22(19)30/h5-6,9,14,18-20,26H,2-4,7-8,10-13H2,1H3,(H,27,29,30)/t14?,18-,19?,20+,24?/m1/s1. The van der Waals surface area contributed by atoms with Gasteiger partial charge in [0.25, 0.3) is 5.91 Å². The number of hydrogen-bond acceptors (Lipinski definition) is 5. The van der Waals surface area contributed by atoms with E-state index in [-0.39, 0.29) is 30.4 Å². The van der Waals surface area contributed by atoms with E-state index in [1.165, 1.54) is 0 Å². The van der Waals surface area contributed by atoms with E-state index in [2.05, 4.69) is 10.6 Å². The number of imide groups is 1. The Morgan fingerprint density at radius 3 is 2.78 bits per heavy atom. The normalized spacial score (nSPS) is 34.3. The van der Waals surface area contributed by atoms with E-state index in [4.69, 9.17) is 4.74 Å². The molecule has 0 radical (unpaired) electrons. The van der Waals surface area contributed by atoms with Gasteiger partial charge in [-0.3, -0.25) is 19.7 Å². The van der Waals surface area contributed by atoms with Gasteiger partial charge >= 0.3 is 0 Å².